The fraction of sp³-hybridized carbons (Fsp3) is 0.267. The average molecular weight is 338 g/mol. The van der Waals surface area contributed by atoms with Crippen molar-refractivity contribution in [2.24, 2.45) is 0 Å². The summed E-state index contributed by atoms with van der Waals surface area (Å²) >= 11 is 5.06. The van der Waals surface area contributed by atoms with Gasteiger partial charge >= 0.3 is 0 Å². The fourth-order valence-corrected chi connectivity index (χ4v) is 2.35. The van der Waals surface area contributed by atoms with Crippen LogP contribution in [-0.4, -0.2) is 27.2 Å². The highest BCUT2D eigenvalue weighted by Crippen LogP contribution is 2.18. The number of aromatic amines is 1. The molecule has 0 fully saturated rings. The second kappa shape index (κ2) is 7.28. The lowest BCUT2D eigenvalue weighted by molar-refractivity contribution is -0.116. The van der Waals surface area contributed by atoms with Gasteiger partial charge in [-0.3, -0.25) is 9.89 Å². The zero-order chi connectivity index (χ0) is 17.0. The van der Waals surface area contributed by atoms with E-state index in [2.05, 4.69) is 15.5 Å². The SMILES string of the molecule is CC(=CC(=O)NCCn1c(C)n[nH]c1=S)c1ccc(F)cc1F. The minimum absolute atomic E-state index is 0.189. The lowest BCUT2D eigenvalue weighted by atomic mass is 10.1. The molecule has 5 nitrogen and oxygen atoms in total. The molecule has 2 N–H and O–H groups in total. The Labute approximate surface area is 137 Å². The molecule has 0 aliphatic heterocycles. The summed E-state index contributed by atoms with van der Waals surface area (Å²) in [6, 6.07) is 3.24. The molecule has 23 heavy (non-hydrogen) atoms. The van der Waals surface area contributed by atoms with E-state index in [-0.39, 0.29) is 11.5 Å². The summed E-state index contributed by atoms with van der Waals surface area (Å²) in [5.74, 6) is -0.995. The first kappa shape index (κ1) is 17.0. The van der Waals surface area contributed by atoms with E-state index in [0.717, 1.165) is 18.0 Å². The van der Waals surface area contributed by atoms with Crippen molar-refractivity contribution in [1.29, 1.82) is 0 Å². The van der Waals surface area contributed by atoms with E-state index in [4.69, 9.17) is 12.2 Å². The van der Waals surface area contributed by atoms with E-state index >= 15 is 0 Å². The molecule has 0 atom stereocenters. The minimum atomic E-state index is -0.702. The van der Waals surface area contributed by atoms with Crippen LogP contribution in [0.25, 0.3) is 5.57 Å². The number of H-pyrrole nitrogens is 1. The summed E-state index contributed by atoms with van der Waals surface area (Å²) in [4.78, 5) is 11.9. The molecule has 0 saturated carbocycles. The molecule has 122 valence electrons. The molecule has 1 aromatic carbocycles. The van der Waals surface area contributed by atoms with Crippen LogP contribution in [0.2, 0.25) is 0 Å². The summed E-state index contributed by atoms with van der Waals surface area (Å²) in [5, 5.41) is 9.31. The molecule has 0 radical (unpaired) electrons. The number of aromatic nitrogens is 3. The van der Waals surface area contributed by atoms with Crippen molar-refractivity contribution in [2.75, 3.05) is 6.54 Å². The highest BCUT2D eigenvalue weighted by atomic mass is 32.1. The van der Waals surface area contributed by atoms with Crippen molar-refractivity contribution in [3.63, 3.8) is 0 Å². The van der Waals surface area contributed by atoms with Gasteiger partial charge < -0.3 is 9.88 Å². The summed E-state index contributed by atoms with van der Waals surface area (Å²) < 4.78 is 28.8. The molecule has 0 saturated heterocycles. The van der Waals surface area contributed by atoms with Crippen LogP contribution in [0.15, 0.2) is 24.3 Å². The Bertz CT molecular complexity index is 810. The molecule has 1 amide bonds. The lowest BCUT2D eigenvalue weighted by Gasteiger charge is -2.06. The van der Waals surface area contributed by atoms with Gasteiger partial charge in [0.05, 0.1) is 0 Å². The zero-order valence-electron chi connectivity index (χ0n) is 12.7. The van der Waals surface area contributed by atoms with Gasteiger partial charge in [-0.05, 0) is 43.8 Å². The number of nitrogens with zero attached hydrogens (tertiary/aromatic N) is 2. The van der Waals surface area contributed by atoms with Gasteiger partial charge in [0.1, 0.15) is 17.5 Å². The lowest BCUT2D eigenvalue weighted by Crippen LogP contribution is -2.26. The number of aryl methyl sites for hydroxylation is 1. The van der Waals surface area contributed by atoms with E-state index in [9.17, 15) is 13.6 Å². The molecule has 8 heteroatoms. The third kappa shape index (κ3) is 4.32. The topological polar surface area (TPSA) is 62.7 Å². The molecular formula is C15H16F2N4OS. The summed E-state index contributed by atoms with van der Waals surface area (Å²) in [5.41, 5.74) is 0.602. The van der Waals surface area contributed by atoms with E-state index in [0.29, 0.717) is 23.4 Å². The fourth-order valence-electron chi connectivity index (χ4n) is 2.09. The molecule has 0 aliphatic rings. The monoisotopic (exact) mass is 338 g/mol. The van der Waals surface area contributed by atoms with E-state index in [1.165, 1.54) is 12.1 Å². The quantitative estimate of drug-likeness (QED) is 0.651. The van der Waals surface area contributed by atoms with Gasteiger partial charge in [0, 0.05) is 30.8 Å². The number of allylic oxidation sites excluding steroid dienone is 1. The van der Waals surface area contributed by atoms with Crippen LogP contribution in [-0.2, 0) is 11.3 Å². The maximum atomic E-state index is 13.6. The van der Waals surface area contributed by atoms with E-state index in [1.807, 2.05) is 0 Å². The second-order valence-corrected chi connectivity index (χ2v) is 5.36. The number of halogens is 2. The Balaban J connectivity index is 1.97. The molecule has 0 spiro atoms. The molecule has 1 aromatic heterocycles. The minimum Gasteiger partial charge on any atom is -0.351 e. The predicted molar refractivity (Wildman–Crippen MR) is 85.2 cm³/mol. The first-order valence-corrected chi connectivity index (χ1v) is 7.32. The Kier molecular flexibility index (Phi) is 5.38. The Hall–Kier alpha value is -2.35. The molecule has 1 heterocycles. The zero-order valence-corrected chi connectivity index (χ0v) is 13.5. The van der Waals surface area contributed by atoms with Crippen molar-refractivity contribution < 1.29 is 13.6 Å². The van der Waals surface area contributed by atoms with Gasteiger partial charge in [0.2, 0.25) is 5.91 Å². The maximum Gasteiger partial charge on any atom is 0.244 e. The standard InChI is InChI=1S/C15H16F2N4OS/c1-9(12-4-3-11(16)8-13(12)17)7-14(22)18-5-6-21-10(2)19-20-15(21)23/h3-4,7-8H,5-6H2,1-2H3,(H,18,22)(H,20,23). The number of carbonyl (C=O) groups is 1. The summed E-state index contributed by atoms with van der Waals surface area (Å²) in [6.07, 6.45) is 1.28. The number of carbonyl (C=O) groups excluding carboxylic acids is 1. The summed E-state index contributed by atoms with van der Waals surface area (Å²) in [7, 11) is 0. The van der Waals surface area contributed by atoms with Crippen LogP contribution in [0.4, 0.5) is 8.78 Å². The van der Waals surface area contributed by atoms with Crippen molar-refractivity contribution in [3.8, 4) is 0 Å². The highest BCUT2D eigenvalue weighted by Gasteiger charge is 2.07. The molecule has 2 aromatic rings. The van der Waals surface area contributed by atoms with Gasteiger partial charge in [0.15, 0.2) is 4.77 Å². The van der Waals surface area contributed by atoms with Gasteiger partial charge in [-0.1, -0.05) is 0 Å². The summed E-state index contributed by atoms with van der Waals surface area (Å²) in [6.45, 7) is 4.22. The van der Waals surface area contributed by atoms with Crippen LogP contribution < -0.4 is 5.32 Å². The molecule has 0 aliphatic carbocycles. The van der Waals surface area contributed by atoms with Crippen LogP contribution in [0.3, 0.4) is 0 Å². The first-order valence-electron chi connectivity index (χ1n) is 6.92. The Morgan fingerprint density at radius 2 is 2.22 bits per heavy atom. The Morgan fingerprint density at radius 3 is 2.83 bits per heavy atom. The van der Waals surface area contributed by atoms with Crippen molar-refractivity contribution >= 4 is 23.7 Å². The second-order valence-electron chi connectivity index (χ2n) is 4.97. The van der Waals surface area contributed by atoms with E-state index < -0.39 is 11.6 Å². The van der Waals surface area contributed by atoms with Gasteiger partial charge in [-0.2, -0.15) is 5.10 Å². The smallest absolute Gasteiger partial charge is 0.244 e. The van der Waals surface area contributed by atoms with Crippen LogP contribution in [0.5, 0.6) is 0 Å². The Morgan fingerprint density at radius 1 is 1.48 bits per heavy atom. The maximum absolute atomic E-state index is 13.6. The number of amides is 1. The largest absolute Gasteiger partial charge is 0.351 e. The number of nitrogens with one attached hydrogen (secondary N) is 2. The van der Waals surface area contributed by atoms with E-state index in [1.54, 1.807) is 18.4 Å². The van der Waals surface area contributed by atoms with Crippen molar-refractivity contribution in [2.45, 2.75) is 20.4 Å². The average Bonchev–Trinajstić information content (AvgIpc) is 2.78. The van der Waals surface area contributed by atoms with Crippen molar-refractivity contribution in [3.05, 3.63) is 52.1 Å². The van der Waals surface area contributed by atoms with Crippen molar-refractivity contribution in [1.82, 2.24) is 20.1 Å². The normalized spacial score (nSPS) is 11.6. The van der Waals surface area contributed by atoms with Crippen LogP contribution in [0, 0.1) is 23.3 Å². The third-order valence-corrected chi connectivity index (χ3v) is 3.60. The molecule has 2 rings (SSSR count). The number of benzene rings is 1. The van der Waals surface area contributed by atoms with Gasteiger partial charge in [-0.15, -0.1) is 0 Å². The number of rotatable bonds is 5. The van der Waals surface area contributed by atoms with Crippen LogP contribution in [0.1, 0.15) is 18.3 Å². The predicted octanol–water partition coefficient (Wildman–Crippen LogP) is 2.75. The number of hydrogen-bond donors (Lipinski definition) is 2. The molecule has 0 bridgehead atoms. The van der Waals surface area contributed by atoms with Gasteiger partial charge in [-0.25, -0.2) is 8.78 Å². The number of hydrogen-bond acceptors (Lipinski definition) is 3. The van der Waals surface area contributed by atoms with Gasteiger partial charge in [0.25, 0.3) is 0 Å². The molecular weight excluding hydrogens is 322 g/mol. The van der Waals surface area contributed by atoms with Crippen LogP contribution >= 0.6 is 12.2 Å². The molecule has 0 unspecified atom stereocenters. The third-order valence-electron chi connectivity index (χ3n) is 3.29. The highest BCUT2D eigenvalue weighted by molar-refractivity contribution is 7.71. The first-order chi connectivity index (χ1) is 10.9.